The Morgan fingerprint density at radius 3 is 2.35 bits per heavy atom. The number of epoxide rings is 1. The third kappa shape index (κ3) is 4.19. The molecule has 3 nitrogen and oxygen atoms in total. The zero-order valence-electron chi connectivity index (χ0n) is 13.4. The quantitative estimate of drug-likeness (QED) is 0.311. The second-order valence-electron chi connectivity index (χ2n) is 6.44. The summed E-state index contributed by atoms with van der Waals surface area (Å²) in [4.78, 5) is 10.8. The van der Waals surface area contributed by atoms with Gasteiger partial charge in [0.1, 0.15) is 24.4 Å². The zero-order chi connectivity index (χ0) is 14.3. The van der Waals surface area contributed by atoms with Crippen molar-refractivity contribution < 1.29 is 14.5 Å². The van der Waals surface area contributed by atoms with E-state index in [1.807, 2.05) is 0 Å². The van der Waals surface area contributed by atoms with Gasteiger partial charge in [0.2, 0.25) is 0 Å². The summed E-state index contributed by atoms with van der Waals surface area (Å²) in [5, 5.41) is 0. The average Bonchev–Trinajstić information content (AvgIpc) is 3.19. The molecule has 0 N–H and O–H groups in total. The van der Waals surface area contributed by atoms with Gasteiger partial charge in [0, 0.05) is 0 Å². The molecule has 0 bridgehead atoms. The van der Waals surface area contributed by atoms with Crippen LogP contribution in [0.4, 0.5) is 0 Å². The lowest BCUT2D eigenvalue weighted by atomic mass is 9.88. The molecule has 2 heterocycles. The maximum Gasteiger partial charge on any atom is 0.126 e. The van der Waals surface area contributed by atoms with Crippen LogP contribution < -0.4 is 0 Å². The van der Waals surface area contributed by atoms with E-state index in [1.165, 1.54) is 57.8 Å². The van der Waals surface area contributed by atoms with Gasteiger partial charge in [-0.05, 0) is 12.8 Å². The summed E-state index contributed by atoms with van der Waals surface area (Å²) in [6, 6.07) is 0. The van der Waals surface area contributed by atoms with Crippen molar-refractivity contribution in [3.8, 4) is 0 Å². The highest BCUT2D eigenvalue weighted by atomic mass is 17.2. The van der Waals surface area contributed by atoms with E-state index in [-0.39, 0.29) is 11.7 Å². The molecular formula is C17H32O3. The second kappa shape index (κ2) is 8.35. The number of unbranched alkanes of at least 4 members (excludes halogenated alkanes) is 7. The van der Waals surface area contributed by atoms with Crippen LogP contribution in [0.25, 0.3) is 0 Å². The number of hydrogen-bond donors (Lipinski definition) is 0. The molecular weight excluding hydrogens is 252 g/mol. The van der Waals surface area contributed by atoms with E-state index < -0.39 is 0 Å². The molecule has 2 fully saturated rings. The van der Waals surface area contributed by atoms with Crippen molar-refractivity contribution in [2.45, 2.75) is 102 Å². The zero-order valence-corrected chi connectivity index (χ0v) is 13.4. The third-order valence-electron chi connectivity index (χ3n) is 4.79. The number of ether oxygens (including phenoxy) is 1. The monoisotopic (exact) mass is 284 g/mol. The summed E-state index contributed by atoms with van der Waals surface area (Å²) in [5.74, 6) is 0. The van der Waals surface area contributed by atoms with E-state index in [2.05, 4.69) is 13.8 Å². The van der Waals surface area contributed by atoms with Gasteiger partial charge < -0.3 is 4.74 Å². The molecule has 3 atom stereocenters. The van der Waals surface area contributed by atoms with Crippen molar-refractivity contribution in [2.75, 3.05) is 6.61 Å². The van der Waals surface area contributed by atoms with Crippen LogP contribution in [0, 0.1) is 0 Å². The molecule has 2 aliphatic heterocycles. The second-order valence-corrected chi connectivity index (χ2v) is 6.44. The van der Waals surface area contributed by atoms with Crippen molar-refractivity contribution >= 4 is 0 Å². The van der Waals surface area contributed by atoms with E-state index in [9.17, 15) is 0 Å². The van der Waals surface area contributed by atoms with Gasteiger partial charge in [-0.15, -0.1) is 0 Å². The molecule has 0 saturated carbocycles. The number of rotatable bonds is 11. The highest BCUT2D eigenvalue weighted by molar-refractivity contribution is 5.09. The lowest BCUT2D eigenvalue weighted by Crippen LogP contribution is -2.40. The molecule has 0 aromatic carbocycles. The van der Waals surface area contributed by atoms with E-state index >= 15 is 0 Å². The summed E-state index contributed by atoms with van der Waals surface area (Å²) in [6.07, 6.45) is 14.5. The SMILES string of the molecule is CCCCCCC[C@H]1OOC[C@H]2O[C@@]12CCCCCC. The Labute approximate surface area is 124 Å². The molecule has 0 amide bonds. The third-order valence-corrected chi connectivity index (χ3v) is 4.79. The van der Waals surface area contributed by atoms with Gasteiger partial charge in [0.05, 0.1) is 0 Å². The molecule has 0 aromatic heterocycles. The van der Waals surface area contributed by atoms with Gasteiger partial charge in [-0.2, -0.15) is 0 Å². The maximum absolute atomic E-state index is 5.99. The van der Waals surface area contributed by atoms with E-state index in [1.54, 1.807) is 0 Å². The van der Waals surface area contributed by atoms with Crippen LogP contribution in [0.1, 0.15) is 84.5 Å². The standard InChI is InChI=1S/C17H32O3/c1-3-5-7-9-10-12-15-17(13-11-8-6-4-2)16(19-17)14-18-20-15/h15-16H,3-14H2,1-2H3/t15-,16-,17+/m1/s1. The Hall–Kier alpha value is -0.120. The average molecular weight is 284 g/mol. The van der Waals surface area contributed by atoms with Crippen LogP contribution in [0.15, 0.2) is 0 Å². The van der Waals surface area contributed by atoms with Gasteiger partial charge in [-0.3, -0.25) is 0 Å². The van der Waals surface area contributed by atoms with Crippen molar-refractivity contribution in [3.63, 3.8) is 0 Å². The smallest absolute Gasteiger partial charge is 0.126 e. The lowest BCUT2D eigenvalue weighted by molar-refractivity contribution is -0.347. The summed E-state index contributed by atoms with van der Waals surface area (Å²) in [5.41, 5.74) is 0.0107. The fourth-order valence-corrected chi connectivity index (χ4v) is 3.39. The fourth-order valence-electron chi connectivity index (χ4n) is 3.39. The lowest BCUT2D eigenvalue weighted by Gasteiger charge is -2.27. The van der Waals surface area contributed by atoms with Gasteiger partial charge in [0.25, 0.3) is 0 Å². The molecule has 2 rings (SSSR count). The fraction of sp³-hybridized carbons (Fsp3) is 1.00. The Bertz CT molecular complexity index is 269. The van der Waals surface area contributed by atoms with Crippen molar-refractivity contribution in [2.24, 2.45) is 0 Å². The van der Waals surface area contributed by atoms with Gasteiger partial charge in [-0.25, -0.2) is 9.78 Å². The first-order valence-electron chi connectivity index (χ1n) is 8.79. The van der Waals surface area contributed by atoms with Crippen molar-refractivity contribution in [1.29, 1.82) is 0 Å². The minimum absolute atomic E-state index is 0.0107. The molecule has 3 heteroatoms. The van der Waals surface area contributed by atoms with Crippen molar-refractivity contribution in [1.82, 2.24) is 0 Å². The van der Waals surface area contributed by atoms with Crippen LogP contribution in [0.5, 0.6) is 0 Å². The molecule has 20 heavy (non-hydrogen) atoms. The van der Waals surface area contributed by atoms with E-state index in [4.69, 9.17) is 14.5 Å². The molecule has 0 aliphatic carbocycles. The Morgan fingerprint density at radius 2 is 1.60 bits per heavy atom. The minimum Gasteiger partial charge on any atom is -0.360 e. The highest BCUT2D eigenvalue weighted by Crippen LogP contribution is 2.49. The molecule has 0 spiro atoms. The van der Waals surface area contributed by atoms with Gasteiger partial charge in [0.15, 0.2) is 0 Å². The minimum atomic E-state index is 0.0107. The number of fused-ring (bicyclic) bond motifs is 1. The van der Waals surface area contributed by atoms with Crippen LogP contribution in [-0.2, 0) is 14.5 Å². The first kappa shape index (κ1) is 16.3. The maximum atomic E-state index is 5.99. The van der Waals surface area contributed by atoms with Crippen LogP contribution in [0.3, 0.4) is 0 Å². The summed E-state index contributed by atoms with van der Waals surface area (Å²) < 4.78 is 5.99. The molecule has 0 radical (unpaired) electrons. The molecule has 0 aromatic rings. The molecule has 2 saturated heterocycles. The first-order valence-corrected chi connectivity index (χ1v) is 8.79. The molecule has 0 unspecified atom stereocenters. The topological polar surface area (TPSA) is 31.0 Å². The van der Waals surface area contributed by atoms with Gasteiger partial charge >= 0.3 is 0 Å². The molecule has 118 valence electrons. The van der Waals surface area contributed by atoms with Crippen molar-refractivity contribution in [3.05, 3.63) is 0 Å². The molecule has 2 aliphatic rings. The van der Waals surface area contributed by atoms with Crippen LogP contribution >= 0.6 is 0 Å². The predicted molar refractivity (Wildman–Crippen MR) is 80.6 cm³/mol. The van der Waals surface area contributed by atoms with E-state index in [0.29, 0.717) is 12.7 Å². The largest absolute Gasteiger partial charge is 0.360 e. The van der Waals surface area contributed by atoms with Crippen LogP contribution in [-0.4, -0.2) is 24.4 Å². The Morgan fingerprint density at radius 1 is 0.900 bits per heavy atom. The Balaban J connectivity index is 1.69. The van der Waals surface area contributed by atoms with E-state index in [0.717, 1.165) is 12.8 Å². The summed E-state index contributed by atoms with van der Waals surface area (Å²) in [7, 11) is 0. The van der Waals surface area contributed by atoms with Crippen LogP contribution in [0.2, 0.25) is 0 Å². The summed E-state index contributed by atoms with van der Waals surface area (Å²) in [6.45, 7) is 5.14. The predicted octanol–water partition coefficient (Wildman–Crippen LogP) is 4.79. The Kier molecular flexibility index (Phi) is 6.79. The first-order chi connectivity index (χ1) is 9.83. The normalized spacial score (nSPS) is 32.1. The van der Waals surface area contributed by atoms with Gasteiger partial charge in [-0.1, -0.05) is 71.6 Å². The highest BCUT2D eigenvalue weighted by Gasteiger charge is 2.64. The number of hydrogen-bond acceptors (Lipinski definition) is 3. The summed E-state index contributed by atoms with van der Waals surface area (Å²) >= 11 is 0.